The Morgan fingerprint density at radius 1 is 1.17 bits per heavy atom. The molecule has 1 atom stereocenters. The van der Waals surface area contributed by atoms with Crippen molar-refractivity contribution in [3.8, 4) is 5.75 Å². The molecule has 4 aromatic rings. The Bertz CT molecular complexity index is 1160. The molecule has 1 unspecified atom stereocenters. The molecule has 0 spiro atoms. The smallest absolute Gasteiger partial charge is 0.257 e. The van der Waals surface area contributed by atoms with E-state index in [1.165, 1.54) is 11.3 Å². The molecule has 0 N–H and O–H groups in total. The number of piperidine rings is 1. The van der Waals surface area contributed by atoms with Gasteiger partial charge in [0.2, 0.25) is 0 Å². The van der Waals surface area contributed by atoms with Crippen molar-refractivity contribution in [1.82, 2.24) is 24.5 Å². The first-order valence-corrected chi connectivity index (χ1v) is 10.9. The number of carbonyl (C=O) groups is 1. The molecule has 3 aromatic heterocycles. The van der Waals surface area contributed by atoms with E-state index in [-0.39, 0.29) is 11.8 Å². The van der Waals surface area contributed by atoms with Gasteiger partial charge in [0.25, 0.3) is 5.91 Å². The molecule has 1 aliphatic rings. The Morgan fingerprint density at radius 3 is 2.97 bits per heavy atom. The van der Waals surface area contributed by atoms with Crippen LogP contribution in [0.4, 0.5) is 0 Å². The number of aromatic nitrogens is 4. The van der Waals surface area contributed by atoms with Crippen molar-refractivity contribution in [1.29, 1.82) is 0 Å². The normalized spacial score (nSPS) is 16.7. The van der Waals surface area contributed by atoms with Gasteiger partial charge in [0.05, 0.1) is 16.8 Å². The van der Waals surface area contributed by atoms with Gasteiger partial charge in [0.1, 0.15) is 18.2 Å². The van der Waals surface area contributed by atoms with Crippen LogP contribution in [0, 0.1) is 0 Å². The Morgan fingerprint density at radius 2 is 2.07 bits per heavy atom. The molecular formula is C22H21N5O2S. The Hall–Kier alpha value is -3.26. The first kappa shape index (κ1) is 18.7. The lowest BCUT2D eigenvalue weighted by molar-refractivity contribution is 0.0699. The van der Waals surface area contributed by atoms with Crippen LogP contribution >= 0.6 is 11.3 Å². The third-order valence-corrected chi connectivity index (χ3v) is 6.03. The second-order valence-corrected chi connectivity index (χ2v) is 8.06. The molecule has 1 aliphatic heterocycles. The quantitative estimate of drug-likeness (QED) is 0.492. The minimum atomic E-state index is -0.0117. The lowest BCUT2D eigenvalue weighted by Crippen LogP contribution is -2.39. The van der Waals surface area contributed by atoms with E-state index >= 15 is 0 Å². The minimum Gasteiger partial charge on any atom is -0.486 e. The number of carbonyl (C=O) groups excluding carboxylic acids is 1. The summed E-state index contributed by atoms with van der Waals surface area (Å²) in [7, 11) is 0. The summed E-state index contributed by atoms with van der Waals surface area (Å²) in [4.78, 5) is 19.5. The van der Waals surface area contributed by atoms with Gasteiger partial charge in [-0.2, -0.15) is 0 Å². The zero-order valence-corrected chi connectivity index (χ0v) is 17.2. The minimum absolute atomic E-state index is 0.0117. The number of para-hydroxylation sites is 1. The molecule has 5 rings (SSSR count). The fraction of sp³-hybridized carbons (Fsp3) is 0.273. The third kappa shape index (κ3) is 3.66. The number of benzene rings is 1. The van der Waals surface area contributed by atoms with Crippen LogP contribution in [0.3, 0.4) is 0 Å². The maximum atomic E-state index is 13.4. The van der Waals surface area contributed by atoms with Crippen molar-refractivity contribution in [2.24, 2.45) is 0 Å². The van der Waals surface area contributed by atoms with Crippen molar-refractivity contribution in [2.45, 2.75) is 25.4 Å². The largest absolute Gasteiger partial charge is 0.486 e. The molecule has 152 valence electrons. The van der Waals surface area contributed by atoms with Crippen LogP contribution in [-0.4, -0.2) is 43.5 Å². The van der Waals surface area contributed by atoms with E-state index in [2.05, 4.69) is 15.2 Å². The van der Waals surface area contributed by atoms with Crippen molar-refractivity contribution >= 4 is 22.9 Å². The molecule has 0 aliphatic carbocycles. The van der Waals surface area contributed by atoms with Crippen LogP contribution in [-0.2, 0) is 6.61 Å². The summed E-state index contributed by atoms with van der Waals surface area (Å²) in [6, 6.07) is 13.3. The maximum Gasteiger partial charge on any atom is 0.257 e. The van der Waals surface area contributed by atoms with Crippen molar-refractivity contribution in [2.75, 3.05) is 13.1 Å². The van der Waals surface area contributed by atoms with E-state index in [4.69, 9.17) is 4.74 Å². The van der Waals surface area contributed by atoms with Gasteiger partial charge in [0.15, 0.2) is 5.65 Å². The fourth-order valence-corrected chi connectivity index (χ4v) is 4.45. The van der Waals surface area contributed by atoms with E-state index in [0.29, 0.717) is 24.5 Å². The number of amides is 1. The summed E-state index contributed by atoms with van der Waals surface area (Å²) in [6.45, 7) is 1.70. The van der Waals surface area contributed by atoms with Crippen molar-refractivity contribution < 1.29 is 9.53 Å². The number of nitrogens with zero attached hydrogens (tertiary/aromatic N) is 5. The van der Waals surface area contributed by atoms with E-state index in [0.717, 1.165) is 36.6 Å². The van der Waals surface area contributed by atoms with E-state index in [1.54, 1.807) is 5.51 Å². The fourth-order valence-electron chi connectivity index (χ4n) is 3.91. The summed E-state index contributed by atoms with van der Waals surface area (Å²) in [6.07, 6.45) is 3.90. The summed E-state index contributed by atoms with van der Waals surface area (Å²) in [5, 5.41) is 10.6. The Balaban J connectivity index is 1.35. The molecule has 30 heavy (non-hydrogen) atoms. The molecule has 1 saturated heterocycles. The number of thiazole rings is 1. The van der Waals surface area contributed by atoms with Gasteiger partial charge in [-0.25, -0.2) is 4.98 Å². The Labute approximate surface area is 178 Å². The van der Waals surface area contributed by atoms with Gasteiger partial charge in [-0.1, -0.05) is 18.2 Å². The molecule has 4 heterocycles. The van der Waals surface area contributed by atoms with Crippen molar-refractivity contribution in [3.05, 3.63) is 76.6 Å². The van der Waals surface area contributed by atoms with Crippen LogP contribution in [0.15, 0.2) is 59.6 Å². The molecule has 1 amide bonds. The summed E-state index contributed by atoms with van der Waals surface area (Å²) in [5.74, 6) is 1.65. The number of hydrogen-bond acceptors (Lipinski definition) is 6. The highest BCUT2D eigenvalue weighted by molar-refractivity contribution is 7.07. The van der Waals surface area contributed by atoms with E-state index in [9.17, 15) is 4.79 Å². The van der Waals surface area contributed by atoms with Gasteiger partial charge in [-0.05, 0) is 37.1 Å². The number of likely N-dealkylation sites (tertiary alicyclic amines) is 1. The van der Waals surface area contributed by atoms with Crippen molar-refractivity contribution in [3.63, 3.8) is 0 Å². The third-order valence-electron chi connectivity index (χ3n) is 5.39. The van der Waals surface area contributed by atoms with Gasteiger partial charge in [-0.15, -0.1) is 21.5 Å². The molecule has 1 fully saturated rings. The van der Waals surface area contributed by atoms with Crippen LogP contribution in [0.1, 0.15) is 40.6 Å². The average Bonchev–Trinajstić information content (AvgIpc) is 3.47. The highest BCUT2D eigenvalue weighted by atomic mass is 32.1. The average molecular weight is 420 g/mol. The van der Waals surface area contributed by atoms with Crippen LogP contribution in [0.25, 0.3) is 5.65 Å². The standard InChI is InChI=1S/C22H21N5O2S/c28-22(18-7-1-2-8-19(18)29-13-17-14-30-15-23-17)26-10-5-6-16(12-26)21-25-24-20-9-3-4-11-27(20)21/h1-4,7-9,11,14-16H,5-6,10,12-13H2. The highest BCUT2D eigenvalue weighted by Crippen LogP contribution is 2.29. The van der Waals surface area contributed by atoms with Gasteiger partial charge >= 0.3 is 0 Å². The number of ether oxygens (including phenoxy) is 1. The predicted octanol–water partition coefficient (Wildman–Crippen LogP) is 3.78. The van der Waals surface area contributed by atoms with Crippen LogP contribution in [0.5, 0.6) is 5.75 Å². The topological polar surface area (TPSA) is 72.6 Å². The van der Waals surface area contributed by atoms with E-state index in [1.807, 2.05) is 63.3 Å². The summed E-state index contributed by atoms with van der Waals surface area (Å²) >= 11 is 1.53. The van der Waals surface area contributed by atoms with Gasteiger partial charge in [0, 0.05) is 30.6 Å². The lowest BCUT2D eigenvalue weighted by Gasteiger charge is -2.32. The van der Waals surface area contributed by atoms with Gasteiger partial charge in [-0.3, -0.25) is 9.20 Å². The zero-order valence-electron chi connectivity index (χ0n) is 16.3. The second kappa shape index (κ2) is 8.23. The zero-order chi connectivity index (χ0) is 20.3. The monoisotopic (exact) mass is 419 g/mol. The number of hydrogen-bond donors (Lipinski definition) is 0. The molecule has 1 aromatic carbocycles. The summed E-state index contributed by atoms with van der Waals surface area (Å²) < 4.78 is 7.94. The molecule has 0 radical (unpaired) electrons. The number of pyridine rings is 1. The molecule has 0 saturated carbocycles. The molecule has 7 nitrogen and oxygen atoms in total. The first-order chi connectivity index (χ1) is 14.8. The highest BCUT2D eigenvalue weighted by Gasteiger charge is 2.29. The lowest BCUT2D eigenvalue weighted by atomic mass is 9.96. The molecule has 0 bridgehead atoms. The SMILES string of the molecule is O=C(c1ccccc1OCc1cscn1)N1CCCC(c2nnc3ccccn23)C1. The first-order valence-electron chi connectivity index (χ1n) is 9.97. The number of fused-ring (bicyclic) bond motifs is 1. The maximum absolute atomic E-state index is 13.4. The molecular weight excluding hydrogens is 398 g/mol. The summed E-state index contributed by atoms with van der Waals surface area (Å²) in [5.41, 5.74) is 4.05. The predicted molar refractivity (Wildman–Crippen MR) is 114 cm³/mol. The molecule has 8 heteroatoms. The second-order valence-electron chi connectivity index (χ2n) is 7.34. The van der Waals surface area contributed by atoms with Gasteiger partial charge < -0.3 is 9.64 Å². The van der Waals surface area contributed by atoms with Crippen LogP contribution < -0.4 is 4.74 Å². The Kier molecular flexibility index (Phi) is 5.15. The van der Waals surface area contributed by atoms with E-state index < -0.39 is 0 Å². The number of rotatable bonds is 5. The van der Waals surface area contributed by atoms with Crippen LogP contribution in [0.2, 0.25) is 0 Å².